The molecule has 1 atom stereocenters. The topological polar surface area (TPSA) is 78.9 Å². The lowest BCUT2D eigenvalue weighted by Crippen LogP contribution is -2.30. The second kappa shape index (κ2) is 50.4. The van der Waals surface area contributed by atoms with E-state index in [9.17, 15) is 14.4 Å². The molecule has 6 nitrogen and oxygen atoms in total. The van der Waals surface area contributed by atoms with Crippen LogP contribution in [-0.4, -0.2) is 37.2 Å². The molecule has 0 bridgehead atoms. The molecule has 0 heterocycles. The second-order valence-corrected chi connectivity index (χ2v) is 19.7. The maximum Gasteiger partial charge on any atom is 0.306 e. The van der Waals surface area contributed by atoms with Crippen molar-refractivity contribution in [1.82, 2.24) is 0 Å². The fraction of sp³-hybridized carbons (Fsp3) is 0.946. The Morgan fingerprint density at radius 2 is 0.532 bits per heavy atom. The minimum absolute atomic E-state index is 0.0622. The van der Waals surface area contributed by atoms with Crippen LogP contribution in [0, 0.1) is 5.92 Å². The van der Waals surface area contributed by atoms with Crippen LogP contribution in [0.15, 0.2) is 0 Å². The lowest BCUT2D eigenvalue weighted by Gasteiger charge is -2.18. The normalized spacial score (nSPS) is 12.0. The summed E-state index contributed by atoms with van der Waals surface area (Å²) in [6, 6.07) is 0. The van der Waals surface area contributed by atoms with E-state index in [0.29, 0.717) is 19.3 Å². The molecular formula is C56H108O6. The summed E-state index contributed by atoms with van der Waals surface area (Å²) in [5.41, 5.74) is 0. The minimum atomic E-state index is -0.761. The van der Waals surface area contributed by atoms with Gasteiger partial charge in [0.15, 0.2) is 6.10 Å². The summed E-state index contributed by atoms with van der Waals surface area (Å²) in [6.45, 7) is 9.05. The van der Waals surface area contributed by atoms with Gasteiger partial charge in [-0.15, -0.1) is 0 Å². The average molecular weight is 877 g/mol. The van der Waals surface area contributed by atoms with Crippen LogP contribution in [0.25, 0.3) is 0 Å². The second-order valence-electron chi connectivity index (χ2n) is 19.7. The SMILES string of the molecule is CCCCCCCCCCCCCCCCCCCC(=O)O[C@@H](COC(=O)CCCCCCCCCCCCCC)COC(=O)CCCCCCCCCCCCCCC(C)C. The first-order valence-corrected chi connectivity index (χ1v) is 27.9. The Labute approximate surface area is 387 Å². The Morgan fingerprint density at radius 1 is 0.306 bits per heavy atom. The number of unbranched alkanes of at least 4 members (excludes halogenated alkanes) is 38. The molecule has 0 aromatic carbocycles. The third kappa shape index (κ3) is 49.4. The zero-order valence-electron chi connectivity index (χ0n) is 42.3. The highest BCUT2D eigenvalue weighted by atomic mass is 16.6. The molecule has 0 spiro atoms. The number of hydrogen-bond acceptors (Lipinski definition) is 6. The summed E-state index contributed by atoms with van der Waals surface area (Å²) in [5, 5.41) is 0. The zero-order valence-corrected chi connectivity index (χ0v) is 42.3. The molecule has 0 aliphatic heterocycles. The van der Waals surface area contributed by atoms with Crippen molar-refractivity contribution in [2.75, 3.05) is 13.2 Å². The Kier molecular flexibility index (Phi) is 49.1. The van der Waals surface area contributed by atoms with E-state index in [1.54, 1.807) is 0 Å². The maximum absolute atomic E-state index is 12.8. The third-order valence-corrected chi connectivity index (χ3v) is 12.8. The number of esters is 3. The van der Waals surface area contributed by atoms with E-state index in [2.05, 4.69) is 27.7 Å². The van der Waals surface area contributed by atoms with Crippen LogP contribution in [0.4, 0.5) is 0 Å². The number of hydrogen-bond donors (Lipinski definition) is 0. The predicted molar refractivity (Wildman–Crippen MR) is 266 cm³/mol. The largest absolute Gasteiger partial charge is 0.462 e. The van der Waals surface area contributed by atoms with E-state index in [1.807, 2.05) is 0 Å². The lowest BCUT2D eigenvalue weighted by molar-refractivity contribution is -0.167. The van der Waals surface area contributed by atoms with E-state index in [1.165, 1.54) is 212 Å². The van der Waals surface area contributed by atoms with Crippen LogP contribution in [0.1, 0.15) is 317 Å². The van der Waals surface area contributed by atoms with Gasteiger partial charge >= 0.3 is 17.9 Å². The molecule has 0 saturated carbocycles. The zero-order chi connectivity index (χ0) is 45.2. The van der Waals surface area contributed by atoms with Gasteiger partial charge in [0.2, 0.25) is 0 Å². The first kappa shape index (κ1) is 60.4. The van der Waals surface area contributed by atoms with Gasteiger partial charge in [0.25, 0.3) is 0 Å². The van der Waals surface area contributed by atoms with Crippen LogP contribution in [-0.2, 0) is 28.6 Å². The number of ether oxygens (including phenoxy) is 3. The summed E-state index contributed by atoms with van der Waals surface area (Å²) in [5.74, 6) is -0.00466. The molecule has 0 saturated heterocycles. The summed E-state index contributed by atoms with van der Waals surface area (Å²) >= 11 is 0. The van der Waals surface area contributed by atoms with Gasteiger partial charge in [0, 0.05) is 19.3 Å². The molecule has 62 heavy (non-hydrogen) atoms. The fourth-order valence-electron chi connectivity index (χ4n) is 8.57. The van der Waals surface area contributed by atoms with Crippen molar-refractivity contribution in [3.63, 3.8) is 0 Å². The van der Waals surface area contributed by atoms with Gasteiger partial charge in [-0.1, -0.05) is 278 Å². The van der Waals surface area contributed by atoms with Gasteiger partial charge in [-0.3, -0.25) is 14.4 Å². The van der Waals surface area contributed by atoms with Gasteiger partial charge in [-0.2, -0.15) is 0 Å². The van der Waals surface area contributed by atoms with Gasteiger partial charge in [-0.05, 0) is 25.2 Å². The molecular weight excluding hydrogens is 769 g/mol. The summed E-state index contributed by atoms with van der Waals surface area (Å²) in [6.07, 6.45) is 53.7. The van der Waals surface area contributed by atoms with Crippen LogP contribution < -0.4 is 0 Å². The molecule has 368 valence electrons. The Morgan fingerprint density at radius 3 is 0.790 bits per heavy atom. The standard InChI is InChI=1S/C56H108O6/c1-5-7-9-11-13-15-17-19-20-21-22-23-29-33-37-41-45-49-56(59)62-53(50-60-54(57)47-43-39-35-31-27-18-16-14-12-10-8-6-2)51-61-55(58)48-44-40-36-32-28-25-24-26-30-34-38-42-46-52(3)4/h52-53H,5-51H2,1-4H3/t53-/m0/s1. The molecule has 0 fully saturated rings. The first-order chi connectivity index (χ1) is 30.4. The van der Waals surface area contributed by atoms with Gasteiger partial charge in [0.1, 0.15) is 13.2 Å². The van der Waals surface area contributed by atoms with E-state index >= 15 is 0 Å². The molecule has 0 aliphatic rings. The van der Waals surface area contributed by atoms with E-state index in [0.717, 1.165) is 63.7 Å². The Balaban J connectivity index is 4.29. The van der Waals surface area contributed by atoms with Crippen molar-refractivity contribution < 1.29 is 28.6 Å². The van der Waals surface area contributed by atoms with Gasteiger partial charge in [0.05, 0.1) is 0 Å². The molecule has 0 radical (unpaired) electrons. The van der Waals surface area contributed by atoms with E-state index in [4.69, 9.17) is 14.2 Å². The van der Waals surface area contributed by atoms with E-state index < -0.39 is 6.10 Å². The van der Waals surface area contributed by atoms with Crippen LogP contribution >= 0.6 is 0 Å². The monoisotopic (exact) mass is 877 g/mol. The van der Waals surface area contributed by atoms with Gasteiger partial charge < -0.3 is 14.2 Å². The maximum atomic E-state index is 12.8. The highest BCUT2D eigenvalue weighted by Crippen LogP contribution is 2.18. The third-order valence-electron chi connectivity index (χ3n) is 12.8. The molecule has 6 heteroatoms. The van der Waals surface area contributed by atoms with Crippen molar-refractivity contribution in [2.45, 2.75) is 323 Å². The number of carbonyl (C=O) groups is 3. The van der Waals surface area contributed by atoms with Crippen LogP contribution in [0.5, 0.6) is 0 Å². The van der Waals surface area contributed by atoms with Gasteiger partial charge in [-0.25, -0.2) is 0 Å². The highest BCUT2D eigenvalue weighted by molar-refractivity contribution is 5.71. The molecule has 0 aliphatic carbocycles. The summed E-state index contributed by atoms with van der Waals surface area (Å²) in [4.78, 5) is 38.0. The number of carbonyl (C=O) groups excluding carboxylic acids is 3. The lowest BCUT2D eigenvalue weighted by atomic mass is 10.0. The molecule has 0 amide bonds. The van der Waals surface area contributed by atoms with Crippen LogP contribution in [0.2, 0.25) is 0 Å². The van der Waals surface area contributed by atoms with Crippen molar-refractivity contribution in [2.24, 2.45) is 5.92 Å². The average Bonchev–Trinajstić information content (AvgIpc) is 3.26. The van der Waals surface area contributed by atoms with Crippen molar-refractivity contribution in [3.8, 4) is 0 Å². The number of rotatable bonds is 51. The van der Waals surface area contributed by atoms with Crippen molar-refractivity contribution in [1.29, 1.82) is 0 Å². The molecule has 0 rings (SSSR count). The predicted octanol–water partition coefficient (Wildman–Crippen LogP) is 18.2. The molecule has 0 aromatic rings. The fourth-order valence-corrected chi connectivity index (χ4v) is 8.57. The summed E-state index contributed by atoms with van der Waals surface area (Å²) in [7, 11) is 0. The molecule has 0 N–H and O–H groups in total. The molecule has 0 aromatic heterocycles. The first-order valence-electron chi connectivity index (χ1n) is 27.9. The smallest absolute Gasteiger partial charge is 0.306 e. The quantitative estimate of drug-likeness (QED) is 0.0344. The minimum Gasteiger partial charge on any atom is -0.462 e. The highest BCUT2D eigenvalue weighted by Gasteiger charge is 2.19. The summed E-state index contributed by atoms with van der Waals surface area (Å²) < 4.78 is 16.9. The molecule has 0 unspecified atom stereocenters. The Hall–Kier alpha value is -1.59. The Bertz CT molecular complexity index is 933. The van der Waals surface area contributed by atoms with E-state index in [-0.39, 0.29) is 31.1 Å². The van der Waals surface area contributed by atoms with Crippen molar-refractivity contribution >= 4 is 17.9 Å². The van der Waals surface area contributed by atoms with Crippen molar-refractivity contribution in [3.05, 3.63) is 0 Å². The van der Waals surface area contributed by atoms with Crippen LogP contribution in [0.3, 0.4) is 0 Å².